The van der Waals surface area contributed by atoms with Crippen molar-refractivity contribution in [2.75, 3.05) is 23.3 Å². The van der Waals surface area contributed by atoms with Gasteiger partial charge in [0.2, 0.25) is 0 Å². The lowest BCUT2D eigenvalue weighted by Gasteiger charge is -2.34. The molecule has 2 aliphatic rings. The maximum atomic E-state index is 3.61. The number of hydrogen-bond donors (Lipinski definition) is 1. The highest BCUT2D eigenvalue weighted by Gasteiger charge is 2.24. The van der Waals surface area contributed by atoms with Crippen molar-refractivity contribution in [3.05, 3.63) is 24.3 Å². The first kappa shape index (κ1) is 10.9. The van der Waals surface area contributed by atoms with Crippen molar-refractivity contribution >= 4 is 11.4 Å². The van der Waals surface area contributed by atoms with Crippen molar-refractivity contribution in [3.8, 4) is 0 Å². The molecule has 2 nitrogen and oxygen atoms in total. The van der Waals surface area contributed by atoms with Crippen LogP contribution in [-0.4, -0.2) is 19.1 Å². The molecule has 1 N–H and O–H groups in total. The van der Waals surface area contributed by atoms with Crippen LogP contribution in [-0.2, 0) is 0 Å². The summed E-state index contributed by atoms with van der Waals surface area (Å²) in [6.45, 7) is 4.79. The van der Waals surface area contributed by atoms with Gasteiger partial charge in [-0.1, -0.05) is 6.92 Å². The number of anilines is 2. The van der Waals surface area contributed by atoms with E-state index < -0.39 is 0 Å². The molecule has 1 aliphatic carbocycles. The first-order valence-electron chi connectivity index (χ1n) is 6.93. The molecule has 0 amide bonds. The SMILES string of the molecule is CC1CC(Nc2ccc(N3CCCC3)cc2)C1. The number of nitrogens with one attached hydrogen (secondary N) is 1. The Balaban J connectivity index is 1.59. The zero-order chi connectivity index (χ0) is 11.7. The summed E-state index contributed by atoms with van der Waals surface area (Å²) in [6.07, 6.45) is 5.35. The fraction of sp³-hybridized carbons (Fsp3) is 0.600. The van der Waals surface area contributed by atoms with Gasteiger partial charge in [-0.25, -0.2) is 0 Å². The lowest BCUT2D eigenvalue weighted by Crippen LogP contribution is -2.33. The highest BCUT2D eigenvalue weighted by Crippen LogP contribution is 2.30. The Labute approximate surface area is 104 Å². The van der Waals surface area contributed by atoms with E-state index in [1.54, 1.807) is 0 Å². The molecule has 1 heterocycles. The van der Waals surface area contributed by atoms with Crippen molar-refractivity contribution < 1.29 is 0 Å². The van der Waals surface area contributed by atoms with E-state index in [2.05, 4.69) is 41.4 Å². The molecule has 1 saturated carbocycles. The quantitative estimate of drug-likeness (QED) is 0.855. The summed E-state index contributed by atoms with van der Waals surface area (Å²) in [5, 5.41) is 3.61. The summed E-state index contributed by atoms with van der Waals surface area (Å²) in [5.74, 6) is 0.913. The summed E-state index contributed by atoms with van der Waals surface area (Å²) in [6, 6.07) is 9.70. The van der Waals surface area contributed by atoms with Crippen molar-refractivity contribution in [2.24, 2.45) is 5.92 Å². The second kappa shape index (κ2) is 4.59. The van der Waals surface area contributed by atoms with Gasteiger partial charge in [-0.2, -0.15) is 0 Å². The van der Waals surface area contributed by atoms with E-state index in [0.29, 0.717) is 6.04 Å². The van der Waals surface area contributed by atoms with Gasteiger partial charge in [0.15, 0.2) is 0 Å². The lowest BCUT2D eigenvalue weighted by molar-refractivity contribution is 0.309. The zero-order valence-electron chi connectivity index (χ0n) is 10.7. The van der Waals surface area contributed by atoms with Crippen molar-refractivity contribution in [1.29, 1.82) is 0 Å². The normalized spacial score (nSPS) is 27.9. The third kappa shape index (κ3) is 2.41. The highest BCUT2D eigenvalue weighted by molar-refractivity contribution is 5.56. The van der Waals surface area contributed by atoms with E-state index >= 15 is 0 Å². The molecule has 0 aromatic heterocycles. The number of hydrogen-bond acceptors (Lipinski definition) is 2. The van der Waals surface area contributed by atoms with E-state index in [1.807, 2.05) is 0 Å². The van der Waals surface area contributed by atoms with Crippen molar-refractivity contribution in [1.82, 2.24) is 0 Å². The fourth-order valence-electron chi connectivity index (χ4n) is 3.00. The third-order valence-electron chi connectivity index (χ3n) is 4.08. The van der Waals surface area contributed by atoms with Crippen molar-refractivity contribution in [2.45, 2.75) is 38.6 Å². The van der Waals surface area contributed by atoms with Gasteiger partial charge < -0.3 is 10.2 Å². The highest BCUT2D eigenvalue weighted by atomic mass is 15.1. The van der Waals surface area contributed by atoms with E-state index in [1.165, 1.54) is 50.1 Å². The Morgan fingerprint density at radius 3 is 2.29 bits per heavy atom. The summed E-state index contributed by atoms with van der Waals surface area (Å²) in [4.78, 5) is 2.48. The molecule has 3 rings (SSSR count). The average Bonchev–Trinajstić information content (AvgIpc) is 2.81. The van der Waals surface area contributed by atoms with E-state index in [-0.39, 0.29) is 0 Å². The van der Waals surface area contributed by atoms with Crippen LogP contribution in [0.3, 0.4) is 0 Å². The first-order chi connectivity index (χ1) is 8.31. The van der Waals surface area contributed by atoms with Gasteiger partial charge in [0.25, 0.3) is 0 Å². The zero-order valence-corrected chi connectivity index (χ0v) is 10.7. The number of rotatable bonds is 3. The molecule has 2 fully saturated rings. The third-order valence-corrected chi connectivity index (χ3v) is 4.08. The Morgan fingerprint density at radius 1 is 1.06 bits per heavy atom. The van der Waals surface area contributed by atoms with Crippen LogP contribution in [0.4, 0.5) is 11.4 Å². The van der Waals surface area contributed by atoms with Crippen LogP contribution in [0.1, 0.15) is 32.6 Å². The minimum absolute atomic E-state index is 0.711. The first-order valence-corrected chi connectivity index (χ1v) is 6.93. The number of nitrogens with zero attached hydrogens (tertiary/aromatic N) is 1. The van der Waals surface area contributed by atoms with Crippen LogP contribution in [0.2, 0.25) is 0 Å². The molecular formula is C15H22N2. The smallest absolute Gasteiger partial charge is 0.0367 e. The van der Waals surface area contributed by atoms with Gasteiger partial charge in [-0.3, -0.25) is 0 Å². The summed E-state index contributed by atoms with van der Waals surface area (Å²) >= 11 is 0. The van der Waals surface area contributed by atoms with Crippen LogP contribution < -0.4 is 10.2 Å². The minimum atomic E-state index is 0.711. The molecule has 0 spiro atoms. The molecule has 1 aromatic rings. The molecule has 0 bridgehead atoms. The molecule has 0 atom stereocenters. The minimum Gasteiger partial charge on any atom is -0.382 e. The maximum absolute atomic E-state index is 3.61. The molecule has 2 heteroatoms. The van der Waals surface area contributed by atoms with Gasteiger partial charge >= 0.3 is 0 Å². The van der Waals surface area contributed by atoms with Gasteiger partial charge in [-0.15, -0.1) is 0 Å². The van der Waals surface area contributed by atoms with Crippen LogP contribution in [0.5, 0.6) is 0 Å². The van der Waals surface area contributed by atoms with Gasteiger partial charge in [0, 0.05) is 30.5 Å². The molecule has 17 heavy (non-hydrogen) atoms. The van der Waals surface area contributed by atoms with Crippen LogP contribution >= 0.6 is 0 Å². The number of benzene rings is 1. The Bertz CT molecular complexity index is 359. The van der Waals surface area contributed by atoms with Crippen LogP contribution in [0, 0.1) is 5.92 Å². The topological polar surface area (TPSA) is 15.3 Å². The maximum Gasteiger partial charge on any atom is 0.0367 e. The fourth-order valence-corrected chi connectivity index (χ4v) is 3.00. The molecule has 92 valence electrons. The standard InChI is InChI=1S/C15H22N2/c1-12-10-14(11-12)16-13-4-6-15(7-5-13)17-8-2-3-9-17/h4-7,12,14,16H,2-3,8-11H2,1H3. The average molecular weight is 230 g/mol. The van der Waals surface area contributed by atoms with Crippen LogP contribution in [0.15, 0.2) is 24.3 Å². The Kier molecular flexibility index (Phi) is 2.96. The molecule has 1 saturated heterocycles. The summed E-state index contributed by atoms with van der Waals surface area (Å²) < 4.78 is 0. The van der Waals surface area contributed by atoms with Crippen molar-refractivity contribution in [3.63, 3.8) is 0 Å². The van der Waals surface area contributed by atoms with Gasteiger partial charge in [0.1, 0.15) is 0 Å². The summed E-state index contributed by atoms with van der Waals surface area (Å²) in [7, 11) is 0. The van der Waals surface area contributed by atoms with E-state index in [4.69, 9.17) is 0 Å². The largest absolute Gasteiger partial charge is 0.382 e. The van der Waals surface area contributed by atoms with E-state index in [9.17, 15) is 0 Å². The lowest BCUT2D eigenvalue weighted by atomic mass is 9.82. The second-order valence-electron chi connectivity index (χ2n) is 5.66. The van der Waals surface area contributed by atoms with Gasteiger partial charge in [-0.05, 0) is 55.9 Å². The monoisotopic (exact) mass is 230 g/mol. The predicted octanol–water partition coefficient (Wildman–Crippen LogP) is 3.50. The van der Waals surface area contributed by atoms with Gasteiger partial charge in [0.05, 0.1) is 0 Å². The second-order valence-corrected chi connectivity index (χ2v) is 5.66. The molecule has 1 aromatic carbocycles. The van der Waals surface area contributed by atoms with E-state index in [0.717, 1.165) is 5.92 Å². The molecular weight excluding hydrogens is 208 g/mol. The molecule has 0 unspecified atom stereocenters. The summed E-state index contributed by atoms with van der Waals surface area (Å²) in [5.41, 5.74) is 2.67. The molecule has 0 radical (unpaired) electrons. The Morgan fingerprint density at radius 2 is 1.71 bits per heavy atom. The predicted molar refractivity (Wildman–Crippen MR) is 73.7 cm³/mol. The van der Waals surface area contributed by atoms with Crippen LogP contribution in [0.25, 0.3) is 0 Å². The molecule has 1 aliphatic heterocycles. The Hall–Kier alpha value is -1.18.